The summed E-state index contributed by atoms with van der Waals surface area (Å²) in [6, 6.07) is 6.02. The Morgan fingerprint density at radius 3 is 3.20 bits per heavy atom. The standard InChI is InChI=1S/C14H18N4O.ClH/c1-15-9-12-3-2-6-18(12)14(19)10-4-5-13-11(7-10)8-16-17-13;/h4-5,7-8,12,15H,2-3,6,9H2,1H3,(H,16,17);1H. The van der Waals surface area contributed by atoms with Crippen LogP contribution in [0.5, 0.6) is 0 Å². The van der Waals surface area contributed by atoms with Gasteiger partial charge in [-0.3, -0.25) is 9.89 Å². The lowest BCUT2D eigenvalue weighted by molar-refractivity contribution is 0.0737. The molecule has 1 amide bonds. The molecule has 0 bridgehead atoms. The number of carbonyl (C=O) groups excluding carboxylic acids is 1. The highest BCUT2D eigenvalue weighted by atomic mass is 35.5. The second-order valence-corrected chi connectivity index (χ2v) is 5.02. The smallest absolute Gasteiger partial charge is 0.254 e. The number of rotatable bonds is 3. The Labute approximate surface area is 124 Å². The zero-order valence-electron chi connectivity index (χ0n) is 11.4. The van der Waals surface area contributed by atoms with Gasteiger partial charge in [0.25, 0.3) is 5.91 Å². The van der Waals surface area contributed by atoms with Crippen LogP contribution in [0.4, 0.5) is 0 Å². The molecule has 108 valence electrons. The first kappa shape index (κ1) is 14.8. The van der Waals surface area contributed by atoms with E-state index in [4.69, 9.17) is 0 Å². The monoisotopic (exact) mass is 294 g/mol. The Hall–Kier alpha value is -1.59. The quantitative estimate of drug-likeness (QED) is 0.907. The predicted octanol–water partition coefficient (Wildman–Crippen LogP) is 1.81. The summed E-state index contributed by atoms with van der Waals surface area (Å²) in [5, 5.41) is 11.0. The molecule has 1 unspecified atom stereocenters. The number of hydrogen-bond acceptors (Lipinski definition) is 3. The van der Waals surface area contributed by atoms with E-state index in [1.807, 2.05) is 30.1 Å². The number of amides is 1. The number of nitrogens with one attached hydrogen (secondary N) is 2. The lowest BCUT2D eigenvalue weighted by Crippen LogP contribution is -2.40. The van der Waals surface area contributed by atoms with Gasteiger partial charge in [0, 0.05) is 30.1 Å². The molecule has 0 aliphatic carbocycles. The van der Waals surface area contributed by atoms with Crippen LogP contribution in [-0.4, -0.2) is 47.2 Å². The van der Waals surface area contributed by atoms with Crippen molar-refractivity contribution < 1.29 is 4.79 Å². The molecule has 0 spiro atoms. The van der Waals surface area contributed by atoms with Gasteiger partial charge in [-0.05, 0) is 38.1 Å². The molecule has 1 aromatic carbocycles. The van der Waals surface area contributed by atoms with Gasteiger partial charge in [-0.25, -0.2) is 0 Å². The van der Waals surface area contributed by atoms with E-state index in [-0.39, 0.29) is 18.3 Å². The number of likely N-dealkylation sites (tertiary alicyclic amines) is 1. The molecule has 3 rings (SSSR count). The number of likely N-dealkylation sites (N-methyl/N-ethyl adjacent to an activating group) is 1. The van der Waals surface area contributed by atoms with E-state index in [0.29, 0.717) is 6.04 Å². The van der Waals surface area contributed by atoms with Crippen molar-refractivity contribution >= 4 is 29.2 Å². The Morgan fingerprint density at radius 1 is 1.55 bits per heavy atom. The third kappa shape index (κ3) is 2.64. The number of nitrogens with zero attached hydrogens (tertiary/aromatic N) is 2. The fourth-order valence-corrected chi connectivity index (χ4v) is 2.79. The van der Waals surface area contributed by atoms with E-state index in [9.17, 15) is 4.79 Å². The maximum Gasteiger partial charge on any atom is 0.254 e. The highest BCUT2D eigenvalue weighted by Crippen LogP contribution is 2.21. The number of benzene rings is 1. The van der Waals surface area contributed by atoms with Crippen molar-refractivity contribution in [3.05, 3.63) is 30.0 Å². The topological polar surface area (TPSA) is 61.0 Å². The van der Waals surface area contributed by atoms with E-state index in [2.05, 4.69) is 15.5 Å². The zero-order valence-corrected chi connectivity index (χ0v) is 12.2. The third-order valence-corrected chi connectivity index (χ3v) is 3.76. The van der Waals surface area contributed by atoms with Crippen LogP contribution < -0.4 is 5.32 Å². The van der Waals surface area contributed by atoms with Gasteiger partial charge in [-0.2, -0.15) is 5.10 Å². The minimum absolute atomic E-state index is 0. The fourth-order valence-electron chi connectivity index (χ4n) is 2.79. The molecule has 20 heavy (non-hydrogen) atoms. The molecule has 1 aliphatic heterocycles. The molecule has 1 atom stereocenters. The minimum Gasteiger partial charge on any atom is -0.334 e. The van der Waals surface area contributed by atoms with Crippen molar-refractivity contribution in [1.82, 2.24) is 20.4 Å². The highest BCUT2D eigenvalue weighted by molar-refractivity contribution is 5.98. The summed E-state index contributed by atoms with van der Waals surface area (Å²) in [4.78, 5) is 14.5. The van der Waals surface area contributed by atoms with E-state index in [1.165, 1.54) is 0 Å². The number of aromatic nitrogens is 2. The second-order valence-electron chi connectivity index (χ2n) is 5.02. The fraction of sp³-hybridized carbons (Fsp3) is 0.429. The van der Waals surface area contributed by atoms with Gasteiger partial charge in [-0.15, -0.1) is 12.4 Å². The van der Waals surface area contributed by atoms with Gasteiger partial charge >= 0.3 is 0 Å². The molecule has 1 saturated heterocycles. The number of H-pyrrole nitrogens is 1. The molecule has 1 aliphatic rings. The van der Waals surface area contributed by atoms with Crippen molar-refractivity contribution in [3.63, 3.8) is 0 Å². The summed E-state index contributed by atoms with van der Waals surface area (Å²) in [5.41, 5.74) is 1.71. The third-order valence-electron chi connectivity index (χ3n) is 3.76. The molecular weight excluding hydrogens is 276 g/mol. The van der Waals surface area contributed by atoms with Gasteiger partial charge in [0.2, 0.25) is 0 Å². The van der Waals surface area contributed by atoms with E-state index in [1.54, 1.807) is 6.20 Å². The molecule has 2 aromatic rings. The Kier molecular flexibility index (Phi) is 4.62. The Bertz CT molecular complexity index is 598. The van der Waals surface area contributed by atoms with Gasteiger partial charge < -0.3 is 10.2 Å². The van der Waals surface area contributed by atoms with E-state index < -0.39 is 0 Å². The van der Waals surface area contributed by atoms with Crippen LogP contribution in [0.15, 0.2) is 24.4 Å². The molecule has 0 radical (unpaired) electrons. The molecule has 6 heteroatoms. The molecule has 5 nitrogen and oxygen atoms in total. The summed E-state index contributed by atoms with van der Waals surface area (Å²) >= 11 is 0. The average Bonchev–Trinajstić information content (AvgIpc) is 3.05. The van der Waals surface area contributed by atoms with Crippen LogP contribution in [0.2, 0.25) is 0 Å². The number of fused-ring (bicyclic) bond motifs is 1. The summed E-state index contributed by atoms with van der Waals surface area (Å²) in [7, 11) is 1.93. The van der Waals surface area contributed by atoms with E-state index >= 15 is 0 Å². The Morgan fingerprint density at radius 2 is 2.40 bits per heavy atom. The number of hydrogen-bond donors (Lipinski definition) is 2. The zero-order chi connectivity index (χ0) is 13.2. The predicted molar refractivity (Wildman–Crippen MR) is 81.3 cm³/mol. The summed E-state index contributed by atoms with van der Waals surface area (Å²) < 4.78 is 0. The van der Waals surface area contributed by atoms with Crippen LogP contribution in [0.1, 0.15) is 23.2 Å². The van der Waals surface area contributed by atoms with Crippen molar-refractivity contribution in [2.24, 2.45) is 0 Å². The Balaban J connectivity index is 0.00000147. The minimum atomic E-state index is 0. The van der Waals surface area contributed by atoms with Crippen LogP contribution in [-0.2, 0) is 0 Å². The summed E-state index contributed by atoms with van der Waals surface area (Å²) in [6.07, 6.45) is 3.92. The van der Waals surface area contributed by atoms with Gasteiger partial charge in [-0.1, -0.05) is 0 Å². The lowest BCUT2D eigenvalue weighted by atomic mass is 10.1. The molecule has 2 heterocycles. The first-order valence-electron chi connectivity index (χ1n) is 6.68. The number of aromatic amines is 1. The molecule has 0 saturated carbocycles. The summed E-state index contributed by atoms with van der Waals surface area (Å²) in [6.45, 7) is 1.72. The van der Waals surface area contributed by atoms with Crippen molar-refractivity contribution in [2.75, 3.05) is 20.1 Å². The SMILES string of the molecule is CNCC1CCCN1C(=O)c1ccc2[nH]ncc2c1.Cl. The van der Waals surface area contributed by atoms with Crippen LogP contribution in [0.3, 0.4) is 0 Å². The van der Waals surface area contributed by atoms with Crippen molar-refractivity contribution in [3.8, 4) is 0 Å². The molecule has 1 aromatic heterocycles. The lowest BCUT2D eigenvalue weighted by Gasteiger charge is -2.24. The largest absolute Gasteiger partial charge is 0.334 e. The average molecular weight is 295 g/mol. The highest BCUT2D eigenvalue weighted by Gasteiger charge is 2.28. The van der Waals surface area contributed by atoms with Crippen LogP contribution >= 0.6 is 12.4 Å². The maximum absolute atomic E-state index is 12.6. The second kappa shape index (κ2) is 6.24. The molecule has 1 fully saturated rings. The van der Waals surface area contributed by atoms with Gasteiger partial charge in [0.1, 0.15) is 0 Å². The first-order valence-corrected chi connectivity index (χ1v) is 6.68. The van der Waals surface area contributed by atoms with Crippen LogP contribution in [0.25, 0.3) is 10.9 Å². The summed E-state index contributed by atoms with van der Waals surface area (Å²) in [5.74, 6) is 0.126. The first-order chi connectivity index (χ1) is 9.29. The number of halogens is 1. The van der Waals surface area contributed by atoms with Crippen molar-refractivity contribution in [1.29, 1.82) is 0 Å². The van der Waals surface area contributed by atoms with E-state index in [0.717, 1.165) is 42.4 Å². The van der Waals surface area contributed by atoms with Crippen molar-refractivity contribution in [2.45, 2.75) is 18.9 Å². The number of carbonyl (C=O) groups is 1. The molecular formula is C14H19ClN4O. The normalized spacial score (nSPS) is 18.2. The maximum atomic E-state index is 12.6. The molecule has 2 N–H and O–H groups in total. The van der Waals surface area contributed by atoms with Gasteiger partial charge in [0.15, 0.2) is 0 Å². The van der Waals surface area contributed by atoms with Crippen LogP contribution in [0, 0.1) is 0 Å². The van der Waals surface area contributed by atoms with Gasteiger partial charge in [0.05, 0.1) is 11.7 Å².